The minimum atomic E-state index is -0.128. The van der Waals surface area contributed by atoms with Crippen molar-refractivity contribution in [1.29, 1.82) is 0 Å². The molecule has 2 aromatic heterocycles. The Morgan fingerprint density at radius 2 is 2.07 bits per heavy atom. The highest BCUT2D eigenvalue weighted by molar-refractivity contribution is 8.18. The van der Waals surface area contributed by atoms with E-state index in [-0.39, 0.29) is 5.91 Å². The van der Waals surface area contributed by atoms with E-state index in [1.54, 1.807) is 35.4 Å². The average Bonchev–Trinajstić information content (AvgIpc) is 3.29. The van der Waals surface area contributed by atoms with Crippen molar-refractivity contribution in [2.24, 2.45) is 4.99 Å². The maximum Gasteiger partial charge on any atom is 0.266 e. The van der Waals surface area contributed by atoms with E-state index in [9.17, 15) is 4.79 Å². The van der Waals surface area contributed by atoms with Gasteiger partial charge in [-0.1, -0.05) is 35.3 Å². The fourth-order valence-electron chi connectivity index (χ4n) is 2.79. The highest BCUT2D eigenvalue weighted by Crippen LogP contribution is 2.36. The number of amides is 1. The normalized spacial score (nSPS) is 16.9. The van der Waals surface area contributed by atoms with Crippen LogP contribution < -0.4 is 0 Å². The zero-order valence-corrected chi connectivity index (χ0v) is 17.6. The molecule has 8 heteroatoms. The van der Waals surface area contributed by atoms with Gasteiger partial charge in [0.05, 0.1) is 4.91 Å². The summed E-state index contributed by atoms with van der Waals surface area (Å²) in [6.45, 7) is 2.39. The molecule has 1 fully saturated rings. The Balaban J connectivity index is 1.63. The van der Waals surface area contributed by atoms with Crippen LogP contribution >= 0.6 is 35.0 Å². The van der Waals surface area contributed by atoms with Crippen molar-refractivity contribution in [2.45, 2.75) is 6.92 Å². The summed E-state index contributed by atoms with van der Waals surface area (Å²) in [7, 11) is 0. The number of aromatic nitrogens is 1. The zero-order chi connectivity index (χ0) is 20.4. The number of aliphatic imine (C=N–C) groups is 1. The van der Waals surface area contributed by atoms with E-state index in [2.05, 4.69) is 9.98 Å². The van der Waals surface area contributed by atoms with Crippen LogP contribution in [0.3, 0.4) is 0 Å². The lowest BCUT2D eigenvalue weighted by molar-refractivity contribution is -0.122. The van der Waals surface area contributed by atoms with Gasteiger partial charge in [-0.25, -0.2) is 9.98 Å². The summed E-state index contributed by atoms with van der Waals surface area (Å²) in [6.07, 6.45) is 3.31. The minimum absolute atomic E-state index is 0.128. The first kappa shape index (κ1) is 19.8. The number of rotatable bonds is 4. The Morgan fingerprint density at radius 1 is 1.21 bits per heavy atom. The van der Waals surface area contributed by atoms with Gasteiger partial charge in [0, 0.05) is 29.4 Å². The topological polar surface area (TPSA) is 58.7 Å². The first-order chi connectivity index (χ1) is 14.0. The first-order valence-electron chi connectivity index (χ1n) is 8.81. The Hall–Kier alpha value is -2.54. The van der Waals surface area contributed by atoms with Crippen LogP contribution in [-0.2, 0) is 4.79 Å². The molecule has 1 aliphatic heterocycles. The minimum Gasteiger partial charge on any atom is -0.457 e. The van der Waals surface area contributed by atoms with Crippen molar-refractivity contribution in [3.63, 3.8) is 0 Å². The molecule has 1 aromatic carbocycles. The molecule has 146 valence electrons. The third kappa shape index (κ3) is 4.24. The molecule has 0 unspecified atom stereocenters. The smallest absolute Gasteiger partial charge is 0.266 e. The molecule has 0 saturated carbocycles. The molecule has 5 nitrogen and oxygen atoms in total. The van der Waals surface area contributed by atoms with Crippen LogP contribution in [-0.4, -0.2) is 27.5 Å². The van der Waals surface area contributed by atoms with Crippen LogP contribution in [0.4, 0.5) is 5.69 Å². The van der Waals surface area contributed by atoms with Gasteiger partial charge in [-0.2, -0.15) is 0 Å². The van der Waals surface area contributed by atoms with Gasteiger partial charge in [0.15, 0.2) is 10.3 Å². The number of furan rings is 1. The first-order valence-corrected chi connectivity index (χ1v) is 10.4. The molecule has 4 rings (SSSR count). The largest absolute Gasteiger partial charge is 0.457 e. The highest BCUT2D eigenvalue weighted by Gasteiger charge is 2.32. The van der Waals surface area contributed by atoms with Crippen molar-refractivity contribution in [3.05, 3.63) is 75.6 Å². The zero-order valence-electron chi connectivity index (χ0n) is 15.3. The molecule has 0 N–H and O–H groups in total. The van der Waals surface area contributed by atoms with Crippen LogP contribution in [0, 0.1) is 0 Å². The molecule has 1 aliphatic rings. The number of thioether (sulfide) groups is 1. The molecule has 0 aliphatic carbocycles. The maximum atomic E-state index is 12.8. The number of pyridine rings is 1. The predicted molar refractivity (Wildman–Crippen MR) is 118 cm³/mol. The van der Waals surface area contributed by atoms with E-state index >= 15 is 0 Å². The second-order valence-corrected chi connectivity index (χ2v) is 7.88. The number of likely N-dealkylation sites (N-methyl/N-ethyl adjacent to an activating group) is 1. The molecule has 0 radical (unpaired) electrons. The summed E-state index contributed by atoms with van der Waals surface area (Å²) >= 11 is 13.4. The molecular formula is C21H15Cl2N3O2S. The number of hydrogen-bond acceptors (Lipinski definition) is 5. The van der Waals surface area contributed by atoms with Gasteiger partial charge in [0.2, 0.25) is 0 Å². The Morgan fingerprint density at radius 3 is 2.83 bits per heavy atom. The van der Waals surface area contributed by atoms with Crippen molar-refractivity contribution in [2.75, 3.05) is 6.54 Å². The van der Waals surface area contributed by atoms with Crippen LogP contribution in [0.2, 0.25) is 10.2 Å². The van der Waals surface area contributed by atoms with Crippen LogP contribution in [0.15, 0.2) is 69.0 Å². The monoisotopic (exact) mass is 443 g/mol. The molecule has 0 spiro atoms. The summed E-state index contributed by atoms with van der Waals surface area (Å²) in [6, 6.07) is 14.6. The number of nitrogens with zero attached hydrogens (tertiary/aromatic N) is 3. The molecule has 3 heterocycles. The van der Waals surface area contributed by atoms with Gasteiger partial charge in [0.25, 0.3) is 5.91 Å². The fourth-order valence-corrected chi connectivity index (χ4v) is 4.18. The number of benzene rings is 1. The second kappa shape index (κ2) is 8.45. The fraction of sp³-hybridized carbons (Fsp3) is 0.0952. The molecule has 0 bridgehead atoms. The number of halogens is 2. The SMILES string of the molecule is CCN1C(=O)/C(=C\c2ccc(-c3cccc(Cl)c3)o2)SC1=Nc1cccnc1Cl. The van der Waals surface area contributed by atoms with E-state index in [1.165, 1.54) is 11.8 Å². The second-order valence-electron chi connectivity index (χ2n) is 6.08. The standard InChI is InChI=1S/C21H15Cl2N3O2S/c1-2-26-20(27)18(29-21(26)25-16-7-4-10-24-19(16)23)12-15-8-9-17(28-15)13-5-3-6-14(22)11-13/h3-12H,2H2,1H3/b18-12+,25-21?. The predicted octanol–water partition coefficient (Wildman–Crippen LogP) is 6.27. The summed E-state index contributed by atoms with van der Waals surface area (Å²) in [5.74, 6) is 1.13. The quantitative estimate of drug-likeness (QED) is 0.352. The van der Waals surface area contributed by atoms with E-state index < -0.39 is 0 Å². The van der Waals surface area contributed by atoms with E-state index in [0.717, 1.165) is 5.56 Å². The lowest BCUT2D eigenvalue weighted by Crippen LogP contribution is -2.28. The maximum absolute atomic E-state index is 12.8. The highest BCUT2D eigenvalue weighted by atomic mass is 35.5. The van der Waals surface area contributed by atoms with Gasteiger partial charge in [-0.15, -0.1) is 0 Å². The van der Waals surface area contributed by atoms with Crippen molar-refractivity contribution in [1.82, 2.24) is 9.88 Å². The van der Waals surface area contributed by atoms with Crippen molar-refractivity contribution >= 4 is 57.8 Å². The van der Waals surface area contributed by atoms with Gasteiger partial charge >= 0.3 is 0 Å². The Kier molecular flexibility index (Phi) is 5.76. The summed E-state index contributed by atoms with van der Waals surface area (Å²) in [5, 5.41) is 1.48. The number of carbonyl (C=O) groups is 1. The summed E-state index contributed by atoms with van der Waals surface area (Å²) in [4.78, 5) is 23.5. The van der Waals surface area contributed by atoms with Gasteiger partial charge in [-0.3, -0.25) is 9.69 Å². The lowest BCUT2D eigenvalue weighted by Gasteiger charge is -2.12. The molecule has 1 saturated heterocycles. The molecular weight excluding hydrogens is 429 g/mol. The third-order valence-electron chi connectivity index (χ3n) is 4.17. The van der Waals surface area contributed by atoms with E-state index in [4.69, 9.17) is 27.6 Å². The average molecular weight is 444 g/mol. The molecule has 3 aromatic rings. The molecule has 29 heavy (non-hydrogen) atoms. The van der Waals surface area contributed by atoms with Gasteiger partial charge < -0.3 is 4.42 Å². The Bertz CT molecular complexity index is 1140. The van der Waals surface area contributed by atoms with Crippen molar-refractivity contribution in [3.8, 4) is 11.3 Å². The molecule has 1 amide bonds. The number of carbonyl (C=O) groups excluding carboxylic acids is 1. The number of hydrogen-bond donors (Lipinski definition) is 0. The van der Waals surface area contributed by atoms with Gasteiger partial charge in [0.1, 0.15) is 17.2 Å². The third-order valence-corrected chi connectivity index (χ3v) is 5.70. The Labute approximate surface area is 182 Å². The van der Waals surface area contributed by atoms with Crippen LogP contribution in [0.25, 0.3) is 17.4 Å². The lowest BCUT2D eigenvalue weighted by atomic mass is 10.2. The van der Waals surface area contributed by atoms with E-state index in [1.807, 2.05) is 37.3 Å². The summed E-state index contributed by atoms with van der Waals surface area (Å²) in [5.41, 5.74) is 1.39. The molecule has 0 atom stereocenters. The van der Waals surface area contributed by atoms with E-state index in [0.29, 0.717) is 44.0 Å². The number of amidine groups is 1. The van der Waals surface area contributed by atoms with Crippen LogP contribution in [0.1, 0.15) is 12.7 Å². The van der Waals surface area contributed by atoms with Crippen molar-refractivity contribution < 1.29 is 9.21 Å². The van der Waals surface area contributed by atoms with Crippen LogP contribution in [0.5, 0.6) is 0 Å². The van der Waals surface area contributed by atoms with Gasteiger partial charge in [-0.05, 0) is 55.1 Å². The summed E-state index contributed by atoms with van der Waals surface area (Å²) < 4.78 is 5.89.